The summed E-state index contributed by atoms with van der Waals surface area (Å²) in [5.74, 6) is 1.64. The number of ether oxygens (including phenoxy) is 1. The lowest BCUT2D eigenvalue weighted by Crippen LogP contribution is -2.26. The fourth-order valence-corrected chi connectivity index (χ4v) is 3.27. The molecule has 3 heteroatoms. The van der Waals surface area contributed by atoms with E-state index in [0.29, 0.717) is 5.92 Å². The molecule has 0 saturated carbocycles. The van der Waals surface area contributed by atoms with Gasteiger partial charge < -0.3 is 10.1 Å². The molecule has 0 radical (unpaired) electrons. The van der Waals surface area contributed by atoms with E-state index in [1.165, 1.54) is 29.2 Å². The van der Waals surface area contributed by atoms with Gasteiger partial charge in [0.25, 0.3) is 0 Å². The van der Waals surface area contributed by atoms with E-state index >= 15 is 0 Å². The predicted molar refractivity (Wildman–Crippen MR) is 83.0 cm³/mol. The van der Waals surface area contributed by atoms with E-state index in [-0.39, 0.29) is 0 Å². The lowest BCUT2D eigenvalue weighted by molar-refractivity contribution is 0.392. The molecule has 1 aliphatic rings. The van der Waals surface area contributed by atoms with E-state index in [4.69, 9.17) is 4.74 Å². The Balaban J connectivity index is 2.10. The Morgan fingerprint density at radius 3 is 2.63 bits per heavy atom. The first-order valence-electron chi connectivity index (χ1n) is 6.76. The molecule has 3 rings (SSSR count). The van der Waals surface area contributed by atoms with Gasteiger partial charge in [0, 0.05) is 4.47 Å². The summed E-state index contributed by atoms with van der Waals surface area (Å²) in [5.41, 5.74) is 1.36. The molecule has 1 fully saturated rings. The molecular formula is C16H18BrNO. The minimum atomic E-state index is 0.611. The molecule has 0 aliphatic carbocycles. The predicted octanol–water partition coefficient (Wildman–Crippen LogP) is 4.08. The lowest BCUT2D eigenvalue weighted by atomic mass is 9.88. The minimum absolute atomic E-state index is 0.611. The summed E-state index contributed by atoms with van der Waals surface area (Å²) >= 11 is 3.55. The van der Waals surface area contributed by atoms with Crippen LogP contribution in [0.5, 0.6) is 5.75 Å². The second kappa shape index (κ2) is 5.51. The van der Waals surface area contributed by atoms with Crippen LogP contribution in [0, 0.1) is 0 Å². The molecule has 0 atom stereocenters. The third kappa shape index (κ3) is 2.63. The number of nitrogens with one attached hydrogen (secondary N) is 1. The van der Waals surface area contributed by atoms with Gasteiger partial charge in [-0.1, -0.05) is 22.0 Å². The molecule has 2 aromatic carbocycles. The van der Waals surface area contributed by atoms with Crippen LogP contribution >= 0.6 is 15.9 Å². The van der Waals surface area contributed by atoms with Crippen molar-refractivity contribution in [1.29, 1.82) is 0 Å². The first-order valence-corrected chi connectivity index (χ1v) is 7.55. The Morgan fingerprint density at radius 1 is 1.11 bits per heavy atom. The highest BCUT2D eigenvalue weighted by atomic mass is 79.9. The van der Waals surface area contributed by atoms with Crippen LogP contribution in [0.3, 0.4) is 0 Å². The number of rotatable bonds is 2. The molecular weight excluding hydrogens is 302 g/mol. The van der Waals surface area contributed by atoms with Crippen molar-refractivity contribution >= 4 is 26.7 Å². The van der Waals surface area contributed by atoms with Crippen molar-refractivity contribution in [2.45, 2.75) is 18.8 Å². The van der Waals surface area contributed by atoms with E-state index in [0.717, 1.165) is 23.3 Å². The number of hydrogen-bond donors (Lipinski definition) is 1. The van der Waals surface area contributed by atoms with Crippen LogP contribution in [0.25, 0.3) is 10.8 Å². The highest BCUT2D eigenvalue weighted by molar-refractivity contribution is 9.10. The molecule has 0 unspecified atom stereocenters. The Kier molecular flexibility index (Phi) is 3.76. The zero-order chi connectivity index (χ0) is 13.2. The normalized spacial score (nSPS) is 16.7. The summed E-state index contributed by atoms with van der Waals surface area (Å²) in [7, 11) is 1.77. The molecule has 0 amide bonds. The van der Waals surface area contributed by atoms with Gasteiger partial charge in [0.1, 0.15) is 5.75 Å². The Morgan fingerprint density at radius 2 is 1.89 bits per heavy atom. The molecule has 1 aliphatic heterocycles. The average molecular weight is 320 g/mol. The third-order valence-electron chi connectivity index (χ3n) is 3.93. The maximum atomic E-state index is 5.60. The quantitative estimate of drug-likeness (QED) is 0.900. The maximum absolute atomic E-state index is 5.60. The van der Waals surface area contributed by atoms with Crippen LogP contribution in [0.1, 0.15) is 24.3 Å². The van der Waals surface area contributed by atoms with Gasteiger partial charge in [0.2, 0.25) is 0 Å². The van der Waals surface area contributed by atoms with Crippen molar-refractivity contribution in [2.24, 2.45) is 0 Å². The summed E-state index contributed by atoms with van der Waals surface area (Å²) < 4.78 is 6.73. The van der Waals surface area contributed by atoms with Crippen molar-refractivity contribution in [3.8, 4) is 5.75 Å². The number of fused-ring (bicyclic) bond motifs is 1. The molecule has 2 aromatic rings. The minimum Gasteiger partial charge on any atom is -0.496 e. The zero-order valence-corrected chi connectivity index (χ0v) is 12.7. The zero-order valence-electron chi connectivity index (χ0n) is 11.1. The first-order chi connectivity index (χ1) is 9.28. The highest BCUT2D eigenvalue weighted by Crippen LogP contribution is 2.36. The van der Waals surface area contributed by atoms with E-state index in [2.05, 4.69) is 51.6 Å². The van der Waals surface area contributed by atoms with Crippen molar-refractivity contribution in [3.63, 3.8) is 0 Å². The van der Waals surface area contributed by atoms with Crippen LogP contribution in [0.15, 0.2) is 34.8 Å². The second-order valence-corrected chi connectivity index (χ2v) is 6.03. The standard InChI is InChI=1S/C16H18BrNO/c1-19-16-10-12-2-3-14(17)8-13(12)9-15(16)11-4-6-18-7-5-11/h2-3,8-11,18H,4-7H2,1H3. The molecule has 0 aromatic heterocycles. The van der Waals surface area contributed by atoms with Crippen LogP contribution in [0.4, 0.5) is 0 Å². The van der Waals surface area contributed by atoms with Crippen molar-refractivity contribution in [3.05, 3.63) is 40.4 Å². The second-order valence-electron chi connectivity index (χ2n) is 5.11. The summed E-state index contributed by atoms with van der Waals surface area (Å²) in [6.07, 6.45) is 2.38. The molecule has 1 heterocycles. The average Bonchev–Trinajstić information content (AvgIpc) is 2.46. The lowest BCUT2D eigenvalue weighted by Gasteiger charge is -2.25. The maximum Gasteiger partial charge on any atom is 0.122 e. The van der Waals surface area contributed by atoms with Gasteiger partial charge in [-0.15, -0.1) is 0 Å². The van der Waals surface area contributed by atoms with Gasteiger partial charge in [-0.25, -0.2) is 0 Å². The number of benzene rings is 2. The Labute approximate surface area is 122 Å². The fourth-order valence-electron chi connectivity index (χ4n) is 2.89. The number of hydrogen-bond acceptors (Lipinski definition) is 2. The van der Waals surface area contributed by atoms with Crippen LogP contribution < -0.4 is 10.1 Å². The highest BCUT2D eigenvalue weighted by Gasteiger charge is 2.19. The van der Waals surface area contributed by atoms with Crippen LogP contribution in [-0.2, 0) is 0 Å². The molecule has 100 valence electrons. The van der Waals surface area contributed by atoms with E-state index < -0.39 is 0 Å². The van der Waals surface area contributed by atoms with E-state index in [1.54, 1.807) is 7.11 Å². The number of halogens is 1. The summed E-state index contributed by atoms with van der Waals surface area (Å²) in [6, 6.07) is 10.9. The van der Waals surface area contributed by atoms with Gasteiger partial charge in [0.05, 0.1) is 7.11 Å². The number of methoxy groups -OCH3 is 1. The topological polar surface area (TPSA) is 21.3 Å². The van der Waals surface area contributed by atoms with Crippen molar-refractivity contribution in [2.75, 3.05) is 20.2 Å². The molecule has 2 nitrogen and oxygen atoms in total. The van der Waals surface area contributed by atoms with E-state index in [1.807, 2.05) is 0 Å². The van der Waals surface area contributed by atoms with Gasteiger partial charge in [-0.2, -0.15) is 0 Å². The Bertz CT molecular complexity index is 591. The smallest absolute Gasteiger partial charge is 0.122 e. The van der Waals surface area contributed by atoms with Gasteiger partial charge in [-0.3, -0.25) is 0 Å². The van der Waals surface area contributed by atoms with Crippen molar-refractivity contribution < 1.29 is 4.74 Å². The monoisotopic (exact) mass is 319 g/mol. The molecule has 1 N–H and O–H groups in total. The first kappa shape index (κ1) is 12.9. The van der Waals surface area contributed by atoms with Gasteiger partial charge in [-0.05, 0) is 72.5 Å². The molecule has 0 spiro atoms. The van der Waals surface area contributed by atoms with E-state index in [9.17, 15) is 0 Å². The summed E-state index contributed by atoms with van der Waals surface area (Å²) in [5, 5.41) is 5.94. The fraction of sp³-hybridized carbons (Fsp3) is 0.375. The molecule has 0 bridgehead atoms. The SMILES string of the molecule is COc1cc2ccc(Br)cc2cc1C1CCNCC1. The van der Waals surface area contributed by atoms with Gasteiger partial charge in [0.15, 0.2) is 0 Å². The molecule has 1 saturated heterocycles. The summed E-state index contributed by atoms with van der Waals surface area (Å²) in [4.78, 5) is 0. The summed E-state index contributed by atoms with van der Waals surface area (Å²) in [6.45, 7) is 2.20. The van der Waals surface area contributed by atoms with Gasteiger partial charge >= 0.3 is 0 Å². The van der Waals surface area contributed by atoms with Crippen LogP contribution in [-0.4, -0.2) is 20.2 Å². The van der Waals surface area contributed by atoms with Crippen molar-refractivity contribution in [1.82, 2.24) is 5.32 Å². The third-order valence-corrected chi connectivity index (χ3v) is 4.42. The largest absolute Gasteiger partial charge is 0.496 e. The molecule has 19 heavy (non-hydrogen) atoms. The Hall–Kier alpha value is -1.06. The van der Waals surface area contributed by atoms with Crippen LogP contribution in [0.2, 0.25) is 0 Å². The number of piperidine rings is 1.